The van der Waals surface area contributed by atoms with Crippen molar-refractivity contribution >= 4 is 27.5 Å². The molecule has 1 aliphatic heterocycles. The molecule has 8 heteroatoms. The molecule has 7 nitrogen and oxygen atoms in total. The molecule has 1 amide bonds. The van der Waals surface area contributed by atoms with Gasteiger partial charge in [0.05, 0.1) is 30.4 Å². The molecule has 0 aliphatic carbocycles. The maximum Gasteiger partial charge on any atom is 0.262 e. The topological polar surface area (TPSA) is 78.7 Å². The van der Waals surface area contributed by atoms with Gasteiger partial charge >= 0.3 is 0 Å². The lowest BCUT2D eigenvalue weighted by atomic mass is 9.91. The number of likely N-dealkylation sites (N-methyl/N-ethyl adjacent to an activating group) is 1. The highest BCUT2D eigenvalue weighted by Crippen LogP contribution is 2.27. The Morgan fingerprint density at radius 3 is 2.54 bits per heavy atom. The minimum absolute atomic E-state index is 0.0839. The predicted octanol–water partition coefficient (Wildman–Crippen LogP) is 1.77. The van der Waals surface area contributed by atoms with Crippen LogP contribution < -0.4 is 5.56 Å². The van der Waals surface area contributed by atoms with Gasteiger partial charge < -0.3 is 10.0 Å². The molecule has 1 saturated heterocycles. The van der Waals surface area contributed by atoms with E-state index in [1.807, 2.05) is 32.6 Å². The number of carbonyl (C=O) groups is 1. The summed E-state index contributed by atoms with van der Waals surface area (Å²) in [5, 5.41) is 11.7. The van der Waals surface area contributed by atoms with Crippen LogP contribution in [0.1, 0.15) is 37.1 Å². The Bertz CT molecular complexity index is 908. The zero-order valence-corrected chi connectivity index (χ0v) is 18.0. The van der Waals surface area contributed by atoms with Gasteiger partial charge in [0.1, 0.15) is 4.83 Å². The molecule has 0 unspecified atom stereocenters. The normalized spacial score (nSPS) is 17.2. The largest absolute Gasteiger partial charge is 0.388 e. The summed E-state index contributed by atoms with van der Waals surface area (Å²) in [5.74, 6) is 0.129. The van der Waals surface area contributed by atoms with Crippen molar-refractivity contribution in [3.63, 3.8) is 0 Å². The number of rotatable bonds is 6. The number of piperidine rings is 1. The minimum Gasteiger partial charge on any atom is -0.388 e. The maximum absolute atomic E-state index is 12.9. The number of likely N-dealkylation sites (tertiary alicyclic amines) is 1. The molecule has 28 heavy (non-hydrogen) atoms. The third kappa shape index (κ3) is 4.14. The SMILES string of the molecule is CCN(CC)C(=O)CN1CCC(O)(Cn2cnc3sc(C)c(C)c3c2=O)CC1. The molecule has 154 valence electrons. The molecule has 3 rings (SSSR count). The van der Waals surface area contributed by atoms with Gasteiger partial charge in [-0.2, -0.15) is 0 Å². The van der Waals surface area contributed by atoms with Crippen molar-refractivity contribution in [1.82, 2.24) is 19.4 Å². The first kappa shape index (κ1) is 21.0. The minimum atomic E-state index is -0.951. The van der Waals surface area contributed by atoms with Crippen LogP contribution in [0.25, 0.3) is 10.2 Å². The quantitative estimate of drug-likeness (QED) is 0.791. The third-order valence-corrected chi connectivity index (χ3v) is 7.00. The van der Waals surface area contributed by atoms with Gasteiger partial charge in [-0.15, -0.1) is 11.3 Å². The smallest absolute Gasteiger partial charge is 0.262 e. The summed E-state index contributed by atoms with van der Waals surface area (Å²) >= 11 is 1.53. The number of aliphatic hydroxyl groups is 1. The second-order valence-corrected chi connectivity index (χ2v) is 8.91. The molecule has 0 bridgehead atoms. The zero-order valence-electron chi connectivity index (χ0n) is 17.2. The van der Waals surface area contributed by atoms with Gasteiger partial charge in [-0.3, -0.25) is 19.1 Å². The zero-order chi connectivity index (χ0) is 20.5. The van der Waals surface area contributed by atoms with Crippen molar-refractivity contribution in [1.29, 1.82) is 0 Å². The van der Waals surface area contributed by atoms with E-state index in [9.17, 15) is 14.7 Å². The number of carbonyl (C=O) groups excluding carboxylic acids is 1. The first-order valence-corrected chi connectivity index (χ1v) is 10.8. The molecule has 0 radical (unpaired) electrons. The summed E-state index contributed by atoms with van der Waals surface area (Å²) in [4.78, 5) is 35.4. The number of nitrogens with zero attached hydrogens (tertiary/aromatic N) is 4. The highest BCUT2D eigenvalue weighted by molar-refractivity contribution is 7.18. The molecule has 0 saturated carbocycles. The lowest BCUT2D eigenvalue weighted by Gasteiger charge is -2.38. The van der Waals surface area contributed by atoms with Gasteiger partial charge in [0, 0.05) is 31.1 Å². The average molecular weight is 407 g/mol. The molecule has 1 aliphatic rings. The number of aryl methyl sites for hydroxylation is 2. The summed E-state index contributed by atoms with van der Waals surface area (Å²) in [6.07, 6.45) is 2.61. The molecule has 0 spiro atoms. The van der Waals surface area contributed by atoms with Crippen LogP contribution in [0.15, 0.2) is 11.1 Å². The van der Waals surface area contributed by atoms with E-state index in [0.29, 0.717) is 51.0 Å². The Kier molecular flexibility index (Phi) is 6.21. The standard InChI is InChI=1S/C20H30N4O3S/c1-5-23(6-2)16(25)11-22-9-7-20(27,8-10-22)12-24-13-21-18-17(19(24)26)14(3)15(4)28-18/h13,27H,5-12H2,1-4H3. The Balaban J connectivity index is 1.67. The second-order valence-electron chi connectivity index (χ2n) is 7.71. The van der Waals surface area contributed by atoms with E-state index in [2.05, 4.69) is 9.88 Å². The number of hydrogen-bond donors (Lipinski definition) is 1. The van der Waals surface area contributed by atoms with Crippen molar-refractivity contribution in [3.05, 3.63) is 27.1 Å². The van der Waals surface area contributed by atoms with Gasteiger partial charge in [0.25, 0.3) is 5.56 Å². The summed E-state index contributed by atoms with van der Waals surface area (Å²) in [7, 11) is 0. The highest BCUT2D eigenvalue weighted by atomic mass is 32.1. The number of thiophene rings is 1. The van der Waals surface area contributed by atoms with Gasteiger partial charge in [-0.25, -0.2) is 4.98 Å². The van der Waals surface area contributed by atoms with Gasteiger partial charge in [-0.05, 0) is 46.1 Å². The highest BCUT2D eigenvalue weighted by Gasteiger charge is 2.34. The van der Waals surface area contributed by atoms with Crippen LogP contribution in [0, 0.1) is 13.8 Å². The van der Waals surface area contributed by atoms with Crippen molar-refractivity contribution in [2.75, 3.05) is 32.7 Å². The van der Waals surface area contributed by atoms with Crippen LogP contribution in [0.3, 0.4) is 0 Å². The van der Waals surface area contributed by atoms with Crippen LogP contribution in [0.5, 0.6) is 0 Å². The Morgan fingerprint density at radius 1 is 1.29 bits per heavy atom. The van der Waals surface area contributed by atoms with E-state index in [-0.39, 0.29) is 18.0 Å². The first-order chi connectivity index (χ1) is 13.3. The van der Waals surface area contributed by atoms with Gasteiger partial charge in [-0.1, -0.05) is 0 Å². The Labute approximate surface area is 169 Å². The van der Waals surface area contributed by atoms with Crippen molar-refractivity contribution in [3.8, 4) is 0 Å². The van der Waals surface area contributed by atoms with Crippen LogP contribution in [0.4, 0.5) is 0 Å². The molecule has 1 N–H and O–H groups in total. The number of aromatic nitrogens is 2. The van der Waals surface area contributed by atoms with Crippen molar-refractivity contribution in [2.45, 2.75) is 52.7 Å². The van der Waals surface area contributed by atoms with Crippen LogP contribution >= 0.6 is 11.3 Å². The van der Waals surface area contributed by atoms with Crippen molar-refractivity contribution < 1.29 is 9.90 Å². The Hall–Kier alpha value is -1.77. The van der Waals surface area contributed by atoms with E-state index in [0.717, 1.165) is 15.3 Å². The number of amides is 1. The van der Waals surface area contributed by atoms with E-state index in [4.69, 9.17) is 0 Å². The fourth-order valence-electron chi connectivity index (χ4n) is 3.85. The molecule has 1 fully saturated rings. The van der Waals surface area contributed by atoms with Gasteiger partial charge in [0.2, 0.25) is 5.91 Å². The van der Waals surface area contributed by atoms with Crippen LogP contribution in [-0.2, 0) is 11.3 Å². The molecular formula is C20H30N4O3S. The van der Waals surface area contributed by atoms with Crippen LogP contribution in [-0.4, -0.2) is 68.7 Å². The fraction of sp³-hybridized carbons (Fsp3) is 0.650. The van der Waals surface area contributed by atoms with Crippen LogP contribution in [0.2, 0.25) is 0 Å². The Morgan fingerprint density at radius 2 is 1.93 bits per heavy atom. The van der Waals surface area contributed by atoms with Crippen molar-refractivity contribution in [2.24, 2.45) is 0 Å². The average Bonchev–Trinajstić information content (AvgIpc) is 2.95. The number of hydrogen-bond acceptors (Lipinski definition) is 6. The number of fused-ring (bicyclic) bond motifs is 1. The summed E-state index contributed by atoms with van der Waals surface area (Å²) in [5.41, 5.74) is -0.0598. The molecule has 2 aromatic heterocycles. The van der Waals surface area contributed by atoms with E-state index >= 15 is 0 Å². The molecular weight excluding hydrogens is 376 g/mol. The lowest BCUT2D eigenvalue weighted by Crippen LogP contribution is -2.50. The third-order valence-electron chi connectivity index (χ3n) is 5.88. The predicted molar refractivity (Wildman–Crippen MR) is 112 cm³/mol. The van der Waals surface area contributed by atoms with E-state index in [1.165, 1.54) is 15.9 Å². The fourth-order valence-corrected chi connectivity index (χ4v) is 4.84. The maximum atomic E-state index is 12.9. The van der Waals surface area contributed by atoms with E-state index < -0.39 is 5.60 Å². The monoisotopic (exact) mass is 406 g/mol. The summed E-state index contributed by atoms with van der Waals surface area (Å²) in [6.45, 7) is 11.2. The van der Waals surface area contributed by atoms with E-state index in [1.54, 1.807) is 6.33 Å². The van der Waals surface area contributed by atoms with Gasteiger partial charge in [0.15, 0.2) is 0 Å². The molecule has 0 atom stereocenters. The second kappa shape index (κ2) is 8.31. The first-order valence-electron chi connectivity index (χ1n) is 9.95. The summed E-state index contributed by atoms with van der Waals surface area (Å²) in [6, 6.07) is 0. The summed E-state index contributed by atoms with van der Waals surface area (Å²) < 4.78 is 1.54. The lowest BCUT2D eigenvalue weighted by molar-refractivity contribution is -0.133. The molecule has 3 heterocycles. The molecule has 0 aromatic carbocycles. The molecule has 2 aromatic rings.